The Morgan fingerprint density at radius 1 is 1.71 bits per heavy atom. The van der Waals surface area contributed by atoms with Crippen LogP contribution < -0.4 is 5.32 Å². The van der Waals surface area contributed by atoms with Gasteiger partial charge in [-0.2, -0.15) is 0 Å². The predicted molar refractivity (Wildman–Crippen MR) is 54.4 cm³/mol. The lowest BCUT2D eigenvalue weighted by Crippen LogP contribution is -2.13. The van der Waals surface area contributed by atoms with E-state index in [1.165, 1.54) is 6.20 Å². The van der Waals surface area contributed by atoms with Crippen molar-refractivity contribution in [2.45, 2.75) is 6.42 Å². The molecule has 0 saturated heterocycles. The van der Waals surface area contributed by atoms with Gasteiger partial charge >= 0.3 is 0 Å². The van der Waals surface area contributed by atoms with Crippen LogP contribution in [0.1, 0.15) is 6.42 Å². The Kier molecular flexibility index (Phi) is 4.35. The molecule has 1 aromatic heterocycles. The minimum Gasteiger partial charge on any atom is -0.384 e. The number of aromatic nitrogens is 1. The highest BCUT2D eigenvalue weighted by molar-refractivity contribution is 6.29. The third kappa shape index (κ3) is 3.72. The Balaban J connectivity index is 2.47. The second-order valence-corrected chi connectivity index (χ2v) is 3.05. The standard InChI is InChI=1S/C9H11ClN2O2/c1-14-5-3-9(13)12-7-2-4-11-8(10)6-7/h2,4,6H,3,5H2,1H3,(H,11,12,13). The molecule has 4 nitrogen and oxygen atoms in total. The van der Waals surface area contributed by atoms with Crippen LogP contribution in [0.15, 0.2) is 18.3 Å². The van der Waals surface area contributed by atoms with Gasteiger partial charge in [0.05, 0.1) is 13.0 Å². The van der Waals surface area contributed by atoms with E-state index in [-0.39, 0.29) is 5.91 Å². The molecule has 1 amide bonds. The molecule has 0 bridgehead atoms. The zero-order chi connectivity index (χ0) is 10.4. The van der Waals surface area contributed by atoms with Crippen LogP contribution in [-0.4, -0.2) is 24.6 Å². The van der Waals surface area contributed by atoms with Gasteiger partial charge in [-0.15, -0.1) is 0 Å². The summed E-state index contributed by atoms with van der Waals surface area (Å²) < 4.78 is 4.77. The molecule has 14 heavy (non-hydrogen) atoms. The Morgan fingerprint density at radius 3 is 3.14 bits per heavy atom. The second kappa shape index (κ2) is 5.57. The molecule has 0 aromatic carbocycles. The first kappa shape index (κ1) is 10.9. The predicted octanol–water partition coefficient (Wildman–Crippen LogP) is 1.71. The maximum Gasteiger partial charge on any atom is 0.226 e. The number of hydrogen-bond donors (Lipinski definition) is 1. The Morgan fingerprint density at radius 2 is 2.50 bits per heavy atom. The maximum atomic E-state index is 11.2. The zero-order valence-electron chi connectivity index (χ0n) is 7.79. The van der Waals surface area contributed by atoms with E-state index in [1.54, 1.807) is 19.2 Å². The van der Waals surface area contributed by atoms with E-state index in [9.17, 15) is 4.79 Å². The van der Waals surface area contributed by atoms with Crippen LogP contribution in [0.3, 0.4) is 0 Å². The van der Waals surface area contributed by atoms with Gasteiger partial charge in [-0.3, -0.25) is 4.79 Å². The molecule has 0 aliphatic heterocycles. The summed E-state index contributed by atoms with van der Waals surface area (Å²) in [6.45, 7) is 0.407. The van der Waals surface area contributed by atoms with E-state index in [1.807, 2.05) is 0 Å². The van der Waals surface area contributed by atoms with Crippen LogP contribution in [0.5, 0.6) is 0 Å². The van der Waals surface area contributed by atoms with Crippen LogP contribution in [0.4, 0.5) is 5.69 Å². The molecule has 0 aliphatic carbocycles. The SMILES string of the molecule is COCCC(=O)Nc1ccnc(Cl)c1. The second-order valence-electron chi connectivity index (χ2n) is 2.66. The van der Waals surface area contributed by atoms with Crippen molar-refractivity contribution in [3.05, 3.63) is 23.5 Å². The van der Waals surface area contributed by atoms with Crippen molar-refractivity contribution >= 4 is 23.2 Å². The van der Waals surface area contributed by atoms with E-state index < -0.39 is 0 Å². The molecule has 0 spiro atoms. The van der Waals surface area contributed by atoms with E-state index in [0.717, 1.165) is 0 Å². The zero-order valence-corrected chi connectivity index (χ0v) is 8.54. The molecule has 1 heterocycles. The number of carbonyl (C=O) groups excluding carboxylic acids is 1. The summed E-state index contributed by atoms with van der Waals surface area (Å²) in [4.78, 5) is 15.0. The highest BCUT2D eigenvalue weighted by atomic mass is 35.5. The van der Waals surface area contributed by atoms with Crippen LogP contribution >= 0.6 is 11.6 Å². The van der Waals surface area contributed by atoms with Crippen molar-refractivity contribution in [1.29, 1.82) is 0 Å². The summed E-state index contributed by atoms with van der Waals surface area (Å²) in [5.74, 6) is -0.103. The summed E-state index contributed by atoms with van der Waals surface area (Å²) in [6.07, 6.45) is 1.87. The largest absolute Gasteiger partial charge is 0.384 e. The van der Waals surface area contributed by atoms with Crippen molar-refractivity contribution in [1.82, 2.24) is 4.98 Å². The fraction of sp³-hybridized carbons (Fsp3) is 0.333. The third-order valence-electron chi connectivity index (χ3n) is 1.54. The van der Waals surface area contributed by atoms with Gasteiger partial charge in [-0.25, -0.2) is 4.98 Å². The van der Waals surface area contributed by atoms with E-state index >= 15 is 0 Å². The Bertz CT molecular complexity index is 317. The number of nitrogens with zero attached hydrogens (tertiary/aromatic N) is 1. The van der Waals surface area contributed by atoms with Crippen LogP contribution in [0.25, 0.3) is 0 Å². The Hall–Kier alpha value is -1.13. The molecule has 1 rings (SSSR count). The molecule has 1 N–H and O–H groups in total. The first-order valence-corrected chi connectivity index (χ1v) is 4.50. The van der Waals surface area contributed by atoms with Crippen molar-refractivity contribution in [3.63, 3.8) is 0 Å². The van der Waals surface area contributed by atoms with Gasteiger partial charge in [-0.1, -0.05) is 11.6 Å². The summed E-state index contributed by atoms with van der Waals surface area (Å²) in [5, 5.41) is 3.03. The molecule has 1 aromatic rings. The summed E-state index contributed by atoms with van der Waals surface area (Å²) in [6, 6.07) is 3.27. The number of halogens is 1. The van der Waals surface area contributed by atoms with Crippen LogP contribution in [0.2, 0.25) is 5.15 Å². The average Bonchev–Trinajstić information content (AvgIpc) is 2.15. The Labute approximate surface area is 87.2 Å². The molecular formula is C9H11ClN2O2. The molecule has 0 radical (unpaired) electrons. The van der Waals surface area contributed by atoms with Gasteiger partial charge in [0.1, 0.15) is 5.15 Å². The first-order valence-electron chi connectivity index (χ1n) is 4.12. The normalized spacial score (nSPS) is 9.86. The molecular weight excluding hydrogens is 204 g/mol. The molecule has 5 heteroatoms. The van der Waals surface area contributed by atoms with Gasteiger partial charge in [0.15, 0.2) is 0 Å². The monoisotopic (exact) mass is 214 g/mol. The molecule has 0 atom stereocenters. The smallest absolute Gasteiger partial charge is 0.226 e. The molecule has 0 saturated carbocycles. The third-order valence-corrected chi connectivity index (χ3v) is 1.75. The number of nitrogens with one attached hydrogen (secondary N) is 1. The van der Waals surface area contributed by atoms with Crippen molar-refractivity contribution in [2.75, 3.05) is 19.0 Å². The highest BCUT2D eigenvalue weighted by Crippen LogP contribution is 2.11. The fourth-order valence-corrected chi connectivity index (χ4v) is 1.07. The summed E-state index contributed by atoms with van der Waals surface area (Å²) in [7, 11) is 1.55. The summed E-state index contributed by atoms with van der Waals surface area (Å²) >= 11 is 5.65. The number of pyridine rings is 1. The average molecular weight is 215 g/mol. The number of hydrogen-bond acceptors (Lipinski definition) is 3. The number of methoxy groups -OCH3 is 1. The number of carbonyl (C=O) groups is 1. The van der Waals surface area contributed by atoms with Crippen molar-refractivity contribution in [2.24, 2.45) is 0 Å². The minimum atomic E-state index is -0.103. The van der Waals surface area contributed by atoms with Gasteiger partial charge in [0.2, 0.25) is 5.91 Å². The lowest BCUT2D eigenvalue weighted by Gasteiger charge is -2.04. The number of rotatable bonds is 4. The van der Waals surface area contributed by atoms with E-state index in [4.69, 9.17) is 16.3 Å². The van der Waals surface area contributed by atoms with E-state index in [0.29, 0.717) is 23.9 Å². The fourth-order valence-electron chi connectivity index (χ4n) is 0.898. The van der Waals surface area contributed by atoms with Crippen molar-refractivity contribution in [3.8, 4) is 0 Å². The van der Waals surface area contributed by atoms with Gasteiger partial charge in [0.25, 0.3) is 0 Å². The first-order chi connectivity index (χ1) is 6.72. The van der Waals surface area contributed by atoms with Crippen LogP contribution in [0, 0.1) is 0 Å². The topological polar surface area (TPSA) is 51.2 Å². The molecule has 76 valence electrons. The minimum absolute atomic E-state index is 0.103. The number of ether oxygens (including phenoxy) is 1. The summed E-state index contributed by atoms with van der Waals surface area (Å²) in [5.41, 5.74) is 0.645. The van der Waals surface area contributed by atoms with Gasteiger partial charge in [-0.05, 0) is 12.1 Å². The van der Waals surface area contributed by atoms with Gasteiger partial charge in [0, 0.05) is 19.0 Å². The lowest BCUT2D eigenvalue weighted by atomic mass is 10.3. The lowest BCUT2D eigenvalue weighted by molar-refractivity contribution is -0.117. The quantitative estimate of drug-likeness (QED) is 0.777. The highest BCUT2D eigenvalue weighted by Gasteiger charge is 2.01. The molecule has 0 fully saturated rings. The van der Waals surface area contributed by atoms with Gasteiger partial charge < -0.3 is 10.1 Å². The van der Waals surface area contributed by atoms with Crippen molar-refractivity contribution < 1.29 is 9.53 Å². The molecule has 0 aliphatic rings. The molecule has 0 unspecified atom stereocenters. The number of amides is 1. The maximum absolute atomic E-state index is 11.2. The number of anilines is 1. The van der Waals surface area contributed by atoms with Crippen LogP contribution in [-0.2, 0) is 9.53 Å². The van der Waals surface area contributed by atoms with E-state index in [2.05, 4.69) is 10.3 Å².